The summed E-state index contributed by atoms with van der Waals surface area (Å²) in [5.74, 6) is 0. The van der Waals surface area contributed by atoms with Crippen LogP contribution >= 0.6 is 0 Å². The Morgan fingerprint density at radius 3 is 1.07 bits per heavy atom. The fourth-order valence-corrected chi connectivity index (χ4v) is 7.88. The molecule has 1 fully saturated rings. The van der Waals surface area contributed by atoms with E-state index in [0.717, 1.165) is 0 Å². The first kappa shape index (κ1) is 55.8. The van der Waals surface area contributed by atoms with Crippen LogP contribution < -0.4 is 0 Å². The second kappa shape index (κ2) is 20.1. The van der Waals surface area contributed by atoms with E-state index in [9.17, 15) is 103 Å². The van der Waals surface area contributed by atoms with Gasteiger partial charge in [0, 0.05) is 0 Å². The maximum absolute atomic E-state index is 12.0. The average molecular weight is 1060 g/mol. The molecular formula is C12H24O38S9. The lowest BCUT2D eigenvalue weighted by molar-refractivity contribution is -0.313. The van der Waals surface area contributed by atoms with Crippen LogP contribution in [0.1, 0.15) is 0 Å². The molecule has 1 heterocycles. The molecule has 1 rings (SSSR count). The first-order valence-corrected chi connectivity index (χ1v) is 25.2. The minimum absolute atomic E-state index is 2.08. The molecule has 354 valence electrons. The summed E-state index contributed by atoms with van der Waals surface area (Å²) in [4.78, 5) is 0. The molecule has 0 aliphatic carbocycles. The van der Waals surface area contributed by atoms with Crippen molar-refractivity contribution in [2.24, 2.45) is 0 Å². The highest BCUT2D eigenvalue weighted by Gasteiger charge is 2.57. The molecule has 0 radical (unpaired) electrons. The summed E-state index contributed by atoms with van der Waals surface area (Å²) in [6, 6.07) is 0. The third-order valence-electron chi connectivity index (χ3n) is 5.50. The van der Waals surface area contributed by atoms with Crippen LogP contribution in [0.15, 0.2) is 0 Å². The SMILES string of the molecule is O=S(=O)(O)OC[C@H](OS(=O)(=O)O)[C@@H](OS(=O)(=O)O)[C@H](O[C@@H]1O[C@H](COS(=O)(=O)O)[C@@H](OS(=O)(=O)O)[C@H](OS(=O)(=O)O)[C@H]1OS(=O)(=O)O)[C@@H](COS(=O)(=O)O)OS(=O)(=O)O. The van der Waals surface area contributed by atoms with Crippen molar-refractivity contribution in [1.29, 1.82) is 0 Å². The Morgan fingerprint density at radius 1 is 0.390 bits per heavy atom. The molecule has 0 saturated carbocycles. The lowest BCUT2D eigenvalue weighted by Crippen LogP contribution is -2.65. The molecule has 1 saturated heterocycles. The lowest BCUT2D eigenvalue weighted by Gasteiger charge is -2.45. The largest absolute Gasteiger partial charge is 0.397 e. The van der Waals surface area contributed by atoms with Gasteiger partial charge in [0.15, 0.2) is 12.4 Å². The van der Waals surface area contributed by atoms with Crippen LogP contribution in [0.4, 0.5) is 0 Å². The predicted molar refractivity (Wildman–Crippen MR) is 165 cm³/mol. The first-order valence-electron chi connectivity index (χ1n) is 12.9. The van der Waals surface area contributed by atoms with E-state index >= 15 is 0 Å². The molecule has 47 heteroatoms. The second-order valence-corrected chi connectivity index (χ2v) is 19.4. The van der Waals surface area contributed by atoms with E-state index < -0.39 is 169 Å². The van der Waals surface area contributed by atoms with Gasteiger partial charge >= 0.3 is 93.6 Å². The fourth-order valence-electron chi connectivity index (χ4n) is 4.00. The van der Waals surface area contributed by atoms with Crippen LogP contribution in [0.5, 0.6) is 0 Å². The van der Waals surface area contributed by atoms with Crippen LogP contribution in [0.3, 0.4) is 0 Å². The molecule has 9 N–H and O–H groups in total. The second-order valence-electron chi connectivity index (χ2n) is 9.86. The van der Waals surface area contributed by atoms with Crippen molar-refractivity contribution >= 4 is 93.6 Å². The quantitative estimate of drug-likeness (QED) is 0.0363. The summed E-state index contributed by atoms with van der Waals surface area (Å²) >= 11 is 0. The Morgan fingerprint density at radius 2 is 0.729 bits per heavy atom. The van der Waals surface area contributed by atoms with Gasteiger partial charge in [-0.2, -0.15) is 75.8 Å². The van der Waals surface area contributed by atoms with Gasteiger partial charge in [-0.15, -0.1) is 0 Å². The maximum Gasteiger partial charge on any atom is 0.397 e. The van der Waals surface area contributed by atoms with Crippen molar-refractivity contribution in [3.63, 3.8) is 0 Å². The molecule has 1 aliphatic rings. The fraction of sp³-hybridized carbons (Fsp3) is 1.00. The first-order chi connectivity index (χ1) is 25.8. The monoisotopic (exact) mass is 1060 g/mol. The Bertz CT molecular complexity index is 2470. The topological polar surface area (TPSA) is 591 Å². The Kier molecular flexibility index (Phi) is 19.0. The molecular weight excluding hydrogens is 1040 g/mol. The zero-order valence-electron chi connectivity index (χ0n) is 26.9. The molecule has 0 aromatic heterocycles. The highest BCUT2D eigenvalue weighted by atomic mass is 32.3. The van der Waals surface area contributed by atoms with Crippen LogP contribution in [0.25, 0.3) is 0 Å². The molecule has 9 atom stereocenters. The van der Waals surface area contributed by atoms with Gasteiger partial charge in [-0.1, -0.05) is 0 Å². The maximum atomic E-state index is 12.0. The molecule has 0 bridgehead atoms. The van der Waals surface area contributed by atoms with Gasteiger partial charge in [0.25, 0.3) is 0 Å². The predicted octanol–water partition coefficient (Wildman–Crippen LogP) is -7.32. The van der Waals surface area contributed by atoms with Gasteiger partial charge in [0.2, 0.25) is 0 Å². The molecule has 0 spiro atoms. The van der Waals surface area contributed by atoms with E-state index in [2.05, 4.69) is 37.6 Å². The summed E-state index contributed by atoms with van der Waals surface area (Å²) < 4.78 is 338. The van der Waals surface area contributed by atoms with Gasteiger partial charge < -0.3 is 9.47 Å². The van der Waals surface area contributed by atoms with Crippen molar-refractivity contribution in [2.45, 2.75) is 55.1 Å². The van der Waals surface area contributed by atoms with E-state index in [-0.39, 0.29) is 0 Å². The third-order valence-corrected chi connectivity index (χ3v) is 9.65. The van der Waals surface area contributed by atoms with Gasteiger partial charge in [0.05, 0.1) is 19.8 Å². The number of rotatable bonds is 26. The summed E-state index contributed by atoms with van der Waals surface area (Å²) in [7, 11) is -55.8. The van der Waals surface area contributed by atoms with Gasteiger partial charge in [-0.3, -0.25) is 41.0 Å². The van der Waals surface area contributed by atoms with E-state index in [1.165, 1.54) is 0 Å². The minimum Gasteiger partial charge on any atom is -0.341 e. The highest BCUT2D eigenvalue weighted by molar-refractivity contribution is 7.82. The van der Waals surface area contributed by atoms with Crippen molar-refractivity contribution in [2.75, 3.05) is 19.8 Å². The number of hydrogen-bond acceptors (Lipinski definition) is 29. The van der Waals surface area contributed by atoms with Crippen LogP contribution in [0, 0.1) is 0 Å². The summed E-state index contributed by atoms with van der Waals surface area (Å²) in [6.07, 6.45) is -32.0. The van der Waals surface area contributed by atoms with Gasteiger partial charge in [-0.25, -0.2) is 37.6 Å². The molecule has 38 nitrogen and oxygen atoms in total. The summed E-state index contributed by atoms with van der Waals surface area (Å²) in [5.41, 5.74) is 0. The zero-order valence-corrected chi connectivity index (χ0v) is 34.2. The average Bonchev–Trinajstić information content (AvgIpc) is 2.92. The van der Waals surface area contributed by atoms with E-state index in [1.54, 1.807) is 0 Å². The van der Waals surface area contributed by atoms with Crippen LogP contribution in [-0.4, -0.2) is 192 Å². The van der Waals surface area contributed by atoms with Crippen molar-refractivity contribution < 1.29 is 164 Å². The normalized spacial score (nSPS) is 24.3. The molecule has 0 amide bonds. The Labute approximate surface area is 331 Å². The van der Waals surface area contributed by atoms with E-state index in [4.69, 9.17) is 23.1 Å². The zero-order chi connectivity index (χ0) is 46.6. The smallest absolute Gasteiger partial charge is 0.341 e. The van der Waals surface area contributed by atoms with Crippen LogP contribution in [0.2, 0.25) is 0 Å². The number of hydrogen-bond donors (Lipinski definition) is 9. The minimum atomic E-state index is -6.48. The molecule has 0 aromatic carbocycles. The van der Waals surface area contributed by atoms with E-state index in [0.29, 0.717) is 0 Å². The summed E-state index contributed by atoms with van der Waals surface area (Å²) in [6.45, 7) is -6.81. The summed E-state index contributed by atoms with van der Waals surface area (Å²) in [5, 5.41) is 0. The van der Waals surface area contributed by atoms with Gasteiger partial charge in [-0.05, 0) is 0 Å². The Balaban J connectivity index is 4.57. The van der Waals surface area contributed by atoms with Crippen molar-refractivity contribution in [1.82, 2.24) is 0 Å². The Hall–Kier alpha value is -1.25. The molecule has 59 heavy (non-hydrogen) atoms. The third kappa shape index (κ3) is 24.8. The van der Waals surface area contributed by atoms with Crippen LogP contribution in [-0.2, 0) is 141 Å². The number of ether oxygens (including phenoxy) is 2. The molecule has 0 unspecified atom stereocenters. The lowest BCUT2D eigenvalue weighted by atomic mass is 9.98. The van der Waals surface area contributed by atoms with E-state index in [1.807, 2.05) is 0 Å². The highest BCUT2D eigenvalue weighted by Crippen LogP contribution is 2.35. The molecule has 1 aliphatic heterocycles. The molecule has 0 aromatic rings. The van der Waals surface area contributed by atoms with Gasteiger partial charge in [0.1, 0.15) is 42.7 Å². The van der Waals surface area contributed by atoms with Crippen molar-refractivity contribution in [3.05, 3.63) is 0 Å². The van der Waals surface area contributed by atoms with Crippen molar-refractivity contribution in [3.8, 4) is 0 Å². The standard InChI is InChI=1S/C12H24O38S9/c13-51(14,15)40-1-4-8(47-56(28,29)30)10(49-58(34,35)36)11(50-59(37,38)39)12(43-4)44-7(5(45-54(22,23)24)2-41-52(16,17)18)9(48-57(31,32)33)6(46-55(25,26)27)3-42-53(19,20)21/h4-12H,1-3H2,(H,13,14,15)(H,16,17,18)(H,19,20,21)(H,22,23,24)(H,25,26,27)(H,28,29,30)(H,31,32,33)(H,34,35,36)(H,37,38,39)/t4-,5-,6+,7-,8-,9-,10+,11-,12+/m1/s1.